The van der Waals surface area contributed by atoms with Crippen LogP contribution in [0, 0.1) is 5.92 Å². The average Bonchev–Trinajstić information content (AvgIpc) is 2.55. The summed E-state index contributed by atoms with van der Waals surface area (Å²) in [6.07, 6.45) is 0. The van der Waals surface area contributed by atoms with Crippen molar-refractivity contribution in [1.29, 1.82) is 0 Å². The Labute approximate surface area is 139 Å². The number of ether oxygens (including phenoxy) is 1. The molecule has 128 valence electrons. The van der Waals surface area contributed by atoms with E-state index in [0.29, 0.717) is 12.5 Å². The highest BCUT2D eigenvalue weighted by atomic mass is 16.5. The highest BCUT2D eigenvalue weighted by Gasteiger charge is 2.23. The van der Waals surface area contributed by atoms with Crippen LogP contribution in [0.5, 0.6) is 5.75 Å². The molecule has 1 heterocycles. The molecule has 0 saturated carbocycles. The van der Waals surface area contributed by atoms with E-state index in [4.69, 9.17) is 4.74 Å². The number of hydrogen-bond acceptors (Lipinski definition) is 3. The fourth-order valence-electron chi connectivity index (χ4n) is 2.76. The molecule has 0 bridgehead atoms. The van der Waals surface area contributed by atoms with Gasteiger partial charge in [-0.05, 0) is 25.0 Å². The van der Waals surface area contributed by atoms with Gasteiger partial charge in [0.1, 0.15) is 5.75 Å². The summed E-state index contributed by atoms with van der Waals surface area (Å²) in [5, 5.41) is 3.09. The molecule has 0 spiro atoms. The lowest BCUT2D eigenvalue weighted by Crippen LogP contribution is -3.16. The zero-order chi connectivity index (χ0) is 16.8. The van der Waals surface area contributed by atoms with Crippen molar-refractivity contribution in [3.05, 3.63) is 24.3 Å². The molecule has 23 heavy (non-hydrogen) atoms. The topological polar surface area (TPSA) is 46.0 Å². The van der Waals surface area contributed by atoms with Crippen molar-refractivity contribution < 1.29 is 14.4 Å². The van der Waals surface area contributed by atoms with E-state index >= 15 is 0 Å². The number of nitrogens with zero attached hydrogens (tertiary/aromatic N) is 1. The first kappa shape index (κ1) is 17.6. The normalized spacial score (nSPS) is 17.2. The number of anilines is 1. The maximum Gasteiger partial charge on any atom is 0.275 e. The van der Waals surface area contributed by atoms with Gasteiger partial charge in [-0.2, -0.15) is 0 Å². The maximum atomic E-state index is 12.1. The standard InChI is InChI=1S/C18H29N3O2/c1-14(2)15(3)19-18(22)13-20-8-10-21(11-9-20)16-6-5-7-17(12-16)23-4/h5-7,12,14-15H,8-11,13H2,1-4H3,(H,19,22)/p+1/t15-/m1/s1. The van der Waals surface area contributed by atoms with E-state index in [-0.39, 0.29) is 11.9 Å². The summed E-state index contributed by atoms with van der Waals surface area (Å²) in [5.41, 5.74) is 1.20. The number of rotatable bonds is 6. The number of carbonyl (C=O) groups excluding carboxylic acids is 1. The van der Waals surface area contributed by atoms with Crippen LogP contribution in [-0.2, 0) is 4.79 Å². The second-order valence-electron chi connectivity index (χ2n) is 6.72. The third-order valence-corrected chi connectivity index (χ3v) is 4.69. The number of benzene rings is 1. The van der Waals surface area contributed by atoms with Crippen molar-refractivity contribution in [3.63, 3.8) is 0 Å². The van der Waals surface area contributed by atoms with Gasteiger partial charge in [0.15, 0.2) is 6.54 Å². The van der Waals surface area contributed by atoms with Crippen molar-refractivity contribution in [2.75, 3.05) is 44.7 Å². The summed E-state index contributed by atoms with van der Waals surface area (Å²) in [7, 11) is 1.69. The van der Waals surface area contributed by atoms with Crippen molar-refractivity contribution >= 4 is 11.6 Å². The van der Waals surface area contributed by atoms with Crippen LogP contribution in [0.15, 0.2) is 24.3 Å². The first-order valence-corrected chi connectivity index (χ1v) is 8.51. The number of quaternary nitrogens is 1. The number of amides is 1. The van der Waals surface area contributed by atoms with Crippen LogP contribution in [0.3, 0.4) is 0 Å². The first-order chi connectivity index (χ1) is 11.0. The monoisotopic (exact) mass is 320 g/mol. The number of piperazine rings is 1. The molecule has 0 aromatic heterocycles. The molecule has 0 unspecified atom stereocenters. The van der Waals surface area contributed by atoms with Crippen molar-refractivity contribution in [2.24, 2.45) is 5.92 Å². The number of methoxy groups -OCH3 is 1. The van der Waals surface area contributed by atoms with Crippen LogP contribution < -0.4 is 19.9 Å². The van der Waals surface area contributed by atoms with Gasteiger partial charge in [0.05, 0.1) is 33.3 Å². The number of carbonyl (C=O) groups is 1. The smallest absolute Gasteiger partial charge is 0.275 e. The van der Waals surface area contributed by atoms with Gasteiger partial charge in [0, 0.05) is 17.8 Å². The Morgan fingerprint density at radius 2 is 2.00 bits per heavy atom. The fourth-order valence-corrected chi connectivity index (χ4v) is 2.76. The lowest BCUT2D eigenvalue weighted by Gasteiger charge is -2.33. The van der Waals surface area contributed by atoms with Gasteiger partial charge in [0.2, 0.25) is 0 Å². The van der Waals surface area contributed by atoms with E-state index in [0.717, 1.165) is 31.9 Å². The molecule has 1 aromatic rings. The van der Waals surface area contributed by atoms with E-state index in [1.807, 2.05) is 12.1 Å². The minimum absolute atomic E-state index is 0.163. The third kappa shape index (κ3) is 5.13. The first-order valence-electron chi connectivity index (χ1n) is 8.51. The molecule has 1 aromatic carbocycles. The van der Waals surface area contributed by atoms with Gasteiger partial charge < -0.3 is 19.9 Å². The van der Waals surface area contributed by atoms with Crippen molar-refractivity contribution in [2.45, 2.75) is 26.8 Å². The second kappa shape index (κ2) is 8.20. The van der Waals surface area contributed by atoms with Gasteiger partial charge in [-0.1, -0.05) is 19.9 Å². The predicted octanol–water partition coefficient (Wildman–Crippen LogP) is 0.561. The van der Waals surface area contributed by atoms with E-state index < -0.39 is 0 Å². The Morgan fingerprint density at radius 1 is 1.30 bits per heavy atom. The quantitative estimate of drug-likeness (QED) is 0.805. The van der Waals surface area contributed by atoms with Crippen LogP contribution in [0.2, 0.25) is 0 Å². The lowest BCUT2D eigenvalue weighted by molar-refractivity contribution is -0.892. The SMILES string of the molecule is COc1cccc(N2CC[NH+](CC(=O)N[C@H](C)C(C)C)CC2)c1. The molecule has 1 saturated heterocycles. The summed E-state index contributed by atoms with van der Waals surface area (Å²) >= 11 is 0. The Bertz CT molecular complexity index is 511. The van der Waals surface area contributed by atoms with Crippen LogP contribution in [0.4, 0.5) is 5.69 Å². The Kier molecular flexibility index (Phi) is 6.28. The second-order valence-corrected chi connectivity index (χ2v) is 6.72. The van der Waals surface area contributed by atoms with Crippen LogP contribution >= 0.6 is 0 Å². The zero-order valence-corrected chi connectivity index (χ0v) is 14.8. The molecule has 1 amide bonds. The largest absolute Gasteiger partial charge is 0.497 e. The predicted molar refractivity (Wildman–Crippen MR) is 93.2 cm³/mol. The molecule has 0 aliphatic carbocycles. The molecule has 1 fully saturated rings. The Balaban J connectivity index is 1.80. The van der Waals surface area contributed by atoms with E-state index in [2.05, 4.69) is 43.1 Å². The van der Waals surface area contributed by atoms with Crippen LogP contribution in [0.25, 0.3) is 0 Å². The average molecular weight is 320 g/mol. The molecule has 1 aliphatic heterocycles. The molecule has 1 aliphatic rings. The molecule has 5 heteroatoms. The molecule has 0 radical (unpaired) electrons. The van der Waals surface area contributed by atoms with Gasteiger partial charge in [-0.25, -0.2) is 0 Å². The van der Waals surface area contributed by atoms with Crippen molar-refractivity contribution in [1.82, 2.24) is 5.32 Å². The number of nitrogens with one attached hydrogen (secondary N) is 2. The molecule has 1 atom stereocenters. The molecular formula is C18H30N3O2+. The summed E-state index contributed by atoms with van der Waals surface area (Å²) < 4.78 is 5.29. The highest BCUT2D eigenvalue weighted by molar-refractivity contribution is 5.77. The van der Waals surface area contributed by atoms with E-state index in [1.54, 1.807) is 7.11 Å². The van der Waals surface area contributed by atoms with Crippen LogP contribution in [-0.4, -0.2) is 51.8 Å². The van der Waals surface area contributed by atoms with Gasteiger partial charge >= 0.3 is 0 Å². The molecule has 2 N–H and O–H groups in total. The summed E-state index contributed by atoms with van der Waals surface area (Å²) in [6, 6.07) is 8.41. The van der Waals surface area contributed by atoms with E-state index in [1.165, 1.54) is 10.6 Å². The zero-order valence-electron chi connectivity index (χ0n) is 14.8. The lowest BCUT2D eigenvalue weighted by atomic mass is 10.1. The fraction of sp³-hybridized carbons (Fsp3) is 0.611. The van der Waals surface area contributed by atoms with Gasteiger partial charge in [-0.3, -0.25) is 4.79 Å². The number of hydrogen-bond donors (Lipinski definition) is 2. The summed E-state index contributed by atoms with van der Waals surface area (Å²) in [5.74, 6) is 1.52. The highest BCUT2D eigenvalue weighted by Crippen LogP contribution is 2.20. The molecule has 2 rings (SSSR count). The summed E-state index contributed by atoms with van der Waals surface area (Å²) in [4.78, 5) is 15.8. The Morgan fingerprint density at radius 3 is 2.61 bits per heavy atom. The molecule has 5 nitrogen and oxygen atoms in total. The van der Waals surface area contributed by atoms with Gasteiger partial charge in [0.25, 0.3) is 5.91 Å². The minimum atomic E-state index is 0.163. The molecular weight excluding hydrogens is 290 g/mol. The third-order valence-electron chi connectivity index (χ3n) is 4.69. The summed E-state index contributed by atoms with van der Waals surface area (Å²) in [6.45, 7) is 10.8. The Hall–Kier alpha value is -1.75. The minimum Gasteiger partial charge on any atom is -0.497 e. The van der Waals surface area contributed by atoms with E-state index in [9.17, 15) is 4.79 Å². The van der Waals surface area contributed by atoms with Gasteiger partial charge in [-0.15, -0.1) is 0 Å². The van der Waals surface area contributed by atoms with Crippen molar-refractivity contribution in [3.8, 4) is 5.75 Å². The maximum absolute atomic E-state index is 12.1. The van der Waals surface area contributed by atoms with Crippen LogP contribution in [0.1, 0.15) is 20.8 Å².